The topological polar surface area (TPSA) is 137 Å². The highest BCUT2D eigenvalue weighted by atomic mass is 127. The zero-order valence-corrected chi connectivity index (χ0v) is 24.6. The number of fused-ring (bicyclic) bond motifs is 1. The molecule has 1 heterocycles. The fourth-order valence-electron chi connectivity index (χ4n) is 3.76. The molecule has 3 N–H and O–H groups in total. The minimum Gasteiger partial charge on any atom is -0.490 e. The molecule has 3 amide bonds. The summed E-state index contributed by atoms with van der Waals surface area (Å²) in [5, 5.41) is 8.50. The molecular weight excluding hydrogens is 688 g/mol. The van der Waals surface area contributed by atoms with Crippen LogP contribution in [-0.4, -0.2) is 43.9 Å². The van der Waals surface area contributed by atoms with Crippen LogP contribution in [0.25, 0.3) is 0 Å². The quantitative estimate of drug-likeness (QED) is 0.124. The maximum Gasteiger partial charge on any atom is 0.418 e. The average molecular weight is 712 g/mol. The molecule has 226 valence electrons. The first kappa shape index (κ1) is 31.4. The first-order valence-corrected chi connectivity index (χ1v) is 13.7. The van der Waals surface area contributed by atoms with Crippen LogP contribution in [0.5, 0.6) is 23.0 Å². The Morgan fingerprint density at radius 2 is 1.79 bits per heavy atom. The molecule has 0 bridgehead atoms. The number of nitrogens with zero attached hydrogens (tertiary/aromatic N) is 1. The van der Waals surface area contributed by atoms with Crippen LogP contribution >= 0.6 is 22.6 Å². The monoisotopic (exact) mass is 712 g/mol. The minimum atomic E-state index is -4.64. The predicted molar refractivity (Wildman–Crippen MR) is 156 cm³/mol. The van der Waals surface area contributed by atoms with Crippen LogP contribution in [0, 0.1) is 3.57 Å². The average Bonchev–Trinajstić information content (AvgIpc) is 3.43. The molecule has 0 unspecified atom stereocenters. The molecule has 11 nitrogen and oxygen atoms in total. The minimum absolute atomic E-state index is 0.0802. The van der Waals surface area contributed by atoms with Crippen molar-refractivity contribution in [2.45, 2.75) is 19.6 Å². The van der Waals surface area contributed by atoms with E-state index in [1.807, 2.05) is 22.6 Å². The predicted octanol–water partition coefficient (Wildman–Crippen LogP) is 4.22. The van der Waals surface area contributed by atoms with E-state index in [2.05, 4.69) is 21.2 Å². The second kappa shape index (κ2) is 14.1. The molecule has 0 saturated heterocycles. The third-order valence-corrected chi connectivity index (χ3v) is 6.46. The van der Waals surface area contributed by atoms with Gasteiger partial charge in [-0.1, -0.05) is 18.2 Å². The largest absolute Gasteiger partial charge is 0.490 e. The van der Waals surface area contributed by atoms with Gasteiger partial charge in [-0.05, 0) is 77.0 Å². The number of nitrogens with one attached hydrogen (secondary N) is 3. The molecule has 1 aliphatic rings. The summed E-state index contributed by atoms with van der Waals surface area (Å²) < 4.78 is 61.9. The van der Waals surface area contributed by atoms with Crippen LogP contribution in [-0.2, 0) is 27.1 Å². The first-order valence-electron chi connectivity index (χ1n) is 12.6. The molecule has 0 aliphatic carbocycles. The van der Waals surface area contributed by atoms with Gasteiger partial charge in [0.05, 0.1) is 27.6 Å². The van der Waals surface area contributed by atoms with Crippen molar-refractivity contribution in [3.63, 3.8) is 0 Å². The van der Waals surface area contributed by atoms with Gasteiger partial charge in [0.2, 0.25) is 6.79 Å². The standard InChI is InChI=1S/C28H24F3IN4O7/c1-2-40-23-11-17(13-34-36-27(39)26(38)33-12-16-7-8-21-22(10-16)43-15-42-21)9-19(32)25(23)41-14-24(37)35-20-6-4-3-5-18(20)28(29,30)31/h3-11,13H,2,12,14-15H2,1H3,(H,33,38)(H,35,37)(H,36,39)/b34-13-. The number of hydrogen-bond acceptors (Lipinski definition) is 8. The van der Waals surface area contributed by atoms with Crippen LogP contribution in [0.15, 0.2) is 59.7 Å². The molecule has 0 fully saturated rings. The Kier molecular flexibility index (Phi) is 10.3. The van der Waals surface area contributed by atoms with E-state index in [1.165, 1.54) is 24.4 Å². The number of anilines is 1. The van der Waals surface area contributed by atoms with Crippen molar-refractivity contribution < 1.29 is 46.5 Å². The molecule has 3 aromatic carbocycles. The van der Waals surface area contributed by atoms with E-state index in [0.29, 0.717) is 26.2 Å². The Bertz CT molecular complexity index is 1550. The van der Waals surface area contributed by atoms with Crippen molar-refractivity contribution in [1.29, 1.82) is 0 Å². The number of hydrogen-bond donors (Lipinski definition) is 3. The third-order valence-electron chi connectivity index (χ3n) is 5.66. The lowest BCUT2D eigenvalue weighted by Crippen LogP contribution is -2.37. The van der Waals surface area contributed by atoms with Crippen LogP contribution in [0.4, 0.5) is 18.9 Å². The molecule has 1 aliphatic heterocycles. The number of alkyl halides is 3. The zero-order valence-electron chi connectivity index (χ0n) is 22.4. The van der Waals surface area contributed by atoms with Crippen molar-refractivity contribution in [3.8, 4) is 23.0 Å². The van der Waals surface area contributed by atoms with Crippen molar-refractivity contribution in [2.75, 3.05) is 25.3 Å². The van der Waals surface area contributed by atoms with E-state index in [0.717, 1.165) is 12.1 Å². The molecule has 15 heteroatoms. The summed E-state index contributed by atoms with van der Waals surface area (Å²) >= 11 is 1.93. The highest BCUT2D eigenvalue weighted by Gasteiger charge is 2.33. The van der Waals surface area contributed by atoms with Gasteiger partial charge in [-0.15, -0.1) is 0 Å². The van der Waals surface area contributed by atoms with E-state index in [9.17, 15) is 27.6 Å². The molecule has 3 aromatic rings. The lowest BCUT2D eigenvalue weighted by Gasteiger charge is -2.16. The molecule has 4 rings (SSSR count). The number of carbonyl (C=O) groups is 3. The summed E-state index contributed by atoms with van der Waals surface area (Å²) in [6, 6.07) is 12.9. The maximum absolute atomic E-state index is 13.2. The molecule has 0 saturated carbocycles. The van der Waals surface area contributed by atoms with Crippen LogP contribution in [0.1, 0.15) is 23.6 Å². The maximum atomic E-state index is 13.2. The van der Waals surface area contributed by atoms with Gasteiger partial charge in [0, 0.05) is 6.54 Å². The molecule has 0 radical (unpaired) electrons. The van der Waals surface area contributed by atoms with Gasteiger partial charge in [0.1, 0.15) is 0 Å². The number of para-hydroxylation sites is 1. The van der Waals surface area contributed by atoms with Crippen LogP contribution < -0.4 is 35.0 Å². The van der Waals surface area contributed by atoms with E-state index >= 15 is 0 Å². The summed E-state index contributed by atoms with van der Waals surface area (Å²) in [6.45, 7) is 1.57. The van der Waals surface area contributed by atoms with Gasteiger partial charge in [0.15, 0.2) is 29.6 Å². The van der Waals surface area contributed by atoms with Gasteiger partial charge < -0.3 is 29.6 Å². The molecular formula is C28H24F3IN4O7. The normalized spacial score (nSPS) is 12.1. The van der Waals surface area contributed by atoms with Crippen molar-refractivity contribution in [1.82, 2.24) is 10.7 Å². The van der Waals surface area contributed by atoms with Gasteiger partial charge in [0.25, 0.3) is 5.91 Å². The van der Waals surface area contributed by atoms with Gasteiger partial charge in [-0.3, -0.25) is 14.4 Å². The fourth-order valence-corrected chi connectivity index (χ4v) is 4.54. The number of halogens is 4. The van der Waals surface area contributed by atoms with Crippen molar-refractivity contribution in [3.05, 3.63) is 74.9 Å². The Morgan fingerprint density at radius 1 is 1.02 bits per heavy atom. The second-order valence-electron chi connectivity index (χ2n) is 8.71. The van der Waals surface area contributed by atoms with Gasteiger partial charge in [-0.25, -0.2) is 5.43 Å². The smallest absolute Gasteiger partial charge is 0.418 e. The SMILES string of the molecule is CCOc1cc(/C=N\NC(=O)C(=O)NCc2ccc3c(c2)OCO3)cc(I)c1OCC(=O)Nc1ccccc1C(F)(F)F. The molecule has 0 aromatic heterocycles. The number of carbonyl (C=O) groups excluding carboxylic acids is 3. The van der Waals surface area contributed by atoms with E-state index in [4.69, 9.17) is 18.9 Å². The van der Waals surface area contributed by atoms with E-state index in [-0.39, 0.29) is 31.4 Å². The lowest BCUT2D eigenvalue weighted by molar-refractivity contribution is -0.139. The first-order chi connectivity index (χ1) is 20.5. The Labute approximate surface area is 256 Å². The summed E-state index contributed by atoms with van der Waals surface area (Å²) in [5.74, 6) is -1.14. The summed E-state index contributed by atoms with van der Waals surface area (Å²) in [6.07, 6.45) is -3.37. The number of ether oxygens (including phenoxy) is 4. The number of benzene rings is 3. The van der Waals surface area contributed by atoms with Crippen LogP contribution in [0.3, 0.4) is 0 Å². The highest BCUT2D eigenvalue weighted by Crippen LogP contribution is 2.36. The van der Waals surface area contributed by atoms with Gasteiger partial charge in [-0.2, -0.15) is 18.3 Å². The summed E-state index contributed by atoms with van der Waals surface area (Å²) in [5.41, 5.74) is 1.94. The second-order valence-corrected chi connectivity index (χ2v) is 9.87. The molecule has 0 spiro atoms. The fraction of sp³-hybridized carbons (Fsp3) is 0.214. The van der Waals surface area contributed by atoms with Crippen molar-refractivity contribution in [2.24, 2.45) is 5.10 Å². The summed E-state index contributed by atoms with van der Waals surface area (Å²) in [4.78, 5) is 36.7. The van der Waals surface area contributed by atoms with Crippen LogP contribution in [0.2, 0.25) is 0 Å². The molecule has 43 heavy (non-hydrogen) atoms. The van der Waals surface area contributed by atoms with E-state index < -0.39 is 41.8 Å². The highest BCUT2D eigenvalue weighted by molar-refractivity contribution is 14.1. The summed E-state index contributed by atoms with van der Waals surface area (Å²) in [7, 11) is 0. The number of hydrazone groups is 1. The Balaban J connectivity index is 1.33. The number of amides is 3. The Hall–Kier alpha value is -4.54. The number of rotatable bonds is 10. The zero-order chi connectivity index (χ0) is 31.0. The van der Waals surface area contributed by atoms with E-state index in [1.54, 1.807) is 31.2 Å². The third kappa shape index (κ3) is 8.50. The lowest BCUT2D eigenvalue weighted by atomic mass is 10.1. The van der Waals surface area contributed by atoms with Gasteiger partial charge >= 0.3 is 18.0 Å². The van der Waals surface area contributed by atoms with Crippen molar-refractivity contribution >= 4 is 52.2 Å². The Morgan fingerprint density at radius 3 is 2.56 bits per heavy atom. The molecule has 0 atom stereocenters.